The second kappa shape index (κ2) is 7.76. The average Bonchev–Trinajstić information content (AvgIpc) is 3.03. The van der Waals surface area contributed by atoms with E-state index < -0.39 is 0 Å². The van der Waals surface area contributed by atoms with Crippen LogP contribution < -0.4 is 4.90 Å². The topological polar surface area (TPSA) is 70.2 Å². The molecule has 0 aliphatic carbocycles. The van der Waals surface area contributed by atoms with Crippen molar-refractivity contribution in [2.24, 2.45) is 5.92 Å². The zero-order chi connectivity index (χ0) is 18.7. The highest BCUT2D eigenvalue weighted by Crippen LogP contribution is 2.28. The van der Waals surface area contributed by atoms with Gasteiger partial charge in [-0.15, -0.1) is 0 Å². The van der Waals surface area contributed by atoms with Crippen LogP contribution in [0.5, 0.6) is 0 Å². The van der Waals surface area contributed by atoms with Crippen LogP contribution in [-0.4, -0.2) is 67.0 Å². The van der Waals surface area contributed by atoms with Gasteiger partial charge in [0.2, 0.25) is 11.8 Å². The van der Waals surface area contributed by atoms with Gasteiger partial charge in [-0.25, -0.2) is 4.79 Å². The minimum Gasteiger partial charge on any atom is -0.450 e. The summed E-state index contributed by atoms with van der Waals surface area (Å²) in [4.78, 5) is 42.1. The average molecular weight is 359 g/mol. The van der Waals surface area contributed by atoms with Crippen molar-refractivity contribution in [3.63, 3.8) is 0 Å². The number of nitrogens with zero attached hydrogens (tertiary/aromatic N) is 3. The number of carbonyl (C=O) groups excluding carboxylic acids is 3. The molecule has 0 radical (unpaired) electrons. The summed E-state index contributed by atoms with van der Waals surface area (Å²) in [6, 6.07) is 7.72. The van der Waals surface area contributed by atoms with Crippen molar-refractivity contribution in [2.75, 3.05) is 44.2 Å². The van der Waals surface area contributed by atoms with E-state index in [0.29, 0.717) is 39.3 Å². The van der Waals surface area contributed by atoms with Gasteiger partial charge in [0.15, 0.2) is 0 Å². The van der Waals surface area contributed by atoms with Gasteiger partial charge in [-0.1, -0.05) is 18.2 Å². The van der Waals surface area contributed by atoms with Crippen molar-refractivity contribution in [1.82, 2.24) is 9.80 Å². The van der Waals surface area contributed by atoms with Gasteiger partial charge in [0, 0.05) is 44.8 Å². The Kier molecular flexibility index (Phi) is 5.44. The second-order valence-electron chi connectivity index (χ2n) is 6.70. The van der Waals surface area contributed by atoms with Crippen molar-refractivity contribution >= 4 is 23.6 Å². The summed E-state index contributed by atoms with van der Waals surface area (Å²) < 4.78 is 5.00. The van der Waals surface area contributed by atoms with E-state index in [1.54, 1.807) is 21.6 Å². The van der Waals surface area contributed by atoms with E-state index in [9.17, 15) is 14.4 Å². The van der Waals surface area contributed by atoms with E-state index in [1.807, 2.05) is 31.2 Å². The van der Waals surface area contributed by atoms with E-state index in [4.69, 9.17) is 4.74 Å². The second-order valence-corrected chi connectivity index (χ2v) is 6.70. The molecule has 7 nitrogen and oxygen atoms in total. The molecule has 0 aromatic heterocycles. The van der Waals surface area contributed by atoms with Crippen LogP contribution in [0.3, 0.4) is 0 Å². The molecule has 140 valence electrons. The molecule has 2 saturated heterocycles. The number of para-hydroxylation sites is 1. The Morgan fingerprint density at radius 2 is 1.77 bits per heavy atom. The fourth-order valence-electron chi connectivity index (χ4n) is 3.55. The molecule has 1 aromatic carbocycles. The smallest absolute Gasteiger partial charge is 0.409 e. The van der Waals surface area contributed by atoms with E-state index in [-0.39, 0.29) is 30.2 Å². The number of rotatable bonds is 3. The fraction of sp³-hybridized carbons (Fsp3) is 0.526. The SMILES string of the molecule is CCOC(=O)N1CCN(C(=O)C2CC(=O)N(c3ccccc3C)C2)CC1. The van der Waals surface area contributed by atoms with Crippen LogP contribution in [-0.2, 0) is 14.3 Å². The third-order valence-electron chi connectivity index (χ3n) is 5.00. The van der Waals surface area contributed by atoms with Crippen molar-refractivity contribution in [1.29, 1.82) is 0 Å². The molecule has 3 rings (SSSR count). The molecule has 2 heterocycles. The molecular weight excluding hydrogens is 334 g/mol. The number of ether oxygens (including phenoxy) is 1. The molecule has 0 spiro atoms. The zero-order valence-electron chi connectivity index (χ0n) is 15.3. The van der Waals surface area contributed by atoms with Crippen LogP contribution in [0.1, 0.15) is 18.9 Å². The van der Waals surface area contributed by atoms with Crippen LogP contribution in [0.15, 0.2) is 24.3 Å². The maximum atomic E-state index is 12.8. The third kappa shape index (κ3) is 3.66. The number of benzene rings is 1. The molecular formula is C19H25N3O4. The molecule has 0 bridgehead atoms. The van der Waals surface area contributed by atoms with Gasteiger partial charge in [0.05, 0.1) is 12.5 Å². The van der Waals surface area contributed by atoms with Crippen LogP contribution >= 0.6 is 0 Å². The zero-order valence-corrected chi connectivity index (χ0v) is 15.3. The quantitative estimate of drug-likeness (QED) is 0.823. The molecule has 2 aliphatic heterocycles. The van der Waals surface area contributed by atoms with Crippen LogP contribution in [0.4, 0.5) is 10.5 Å². The Morgan fingerprint density at radius 3 is 2.42 bits per heavy atom. The standard InChI is InChI=1S/C19H25N3O4/c1-3-26-19(25)21-10-8-20(9-11-21)18(24)15-12-17(23)22(13-15)16-7-5-4-6-14(16)2/h4-7,15H,3,8-13H2,1-2H3. The minimum atomic E-state index is -0.332. The number of carbonyl (C=O) groups is 3. The molecule has 1 aromatic rings. The summed E-state index contributed by atoms with van der Waals surface area (Å²) in [7, 11) is 0. The largest absolute Gasteiger partial charge is 0.450 e. The highest BCUT2D eigenvalue weighted by molar-refractivity contribution is 6.00. The maximum absolute atomic E-state index is 12.8. The summed E-state index contributed by atoms with van der Waals surface area (Å²) in [6.07, 6.45) is -0.0907. The predicted octanol–water partition coefficient (Wildman–Crippen LogP) is 1.65. The molecule has 1 atom stereocenters. The lowest BCUT2D eigenvalue weighted by Crippen LogP contribution is -2.52. The summed E-state index contributed by atoms with van der Waals surface area (Å²) in [5.74, 6) is -0.336. The Hall–Kier alpha value is -2.57. The van der Waals surface area contributed by atoms with Gasteiger partial charge in [0.25, 0.3) is 0 Å². The highest BCUT2D eigenvalue weighted by atomic mass is 16.6. The van der Waals surface area contributed by atoms with Crippen LogP contribution in [0.25, 0.3) is 0 Å². The lowest BCUT2D eigenvalue weighted by atomic mass is 10.1. The Balaban J connectivity index is 1.59. The summed E-state index contributed by atoms with van der Waals surface area (Å²) in [6.45, 7) is 6.39. The number of amides is 3. The molecule has 2 fully saturated rings. The monoisotopic (exact) mass is 359 g/mol. The van der Waals surface area contributed by atoms with Gasteiger partial charge in [-0.2, -0.15) is 0 Å². The van der Waals surface area contributed by atoms with Crippen molar-refractivity contribution < 1.29 is 19.1 Å². The molecule has 7 heteroatoms. The van der Waals surface area contributed by atoms with E-state index in [2.05, 4.69) is 0 Å². The van der Waals surface area contributed by atoms with Crippen LogP contribution in [0.2, 0.25) is 0 Å². The lowest BCUT2D eigenvalue weighted by molar-refractivity contribution is -0.137. The highest BCUT2D eigenvalue weighted by Gasteiger charge is 2.38. The van der Waals surface area contributed by atoms with Crippen molar-refractivity contribution in [3.8, 4) is 0 Å². The summed E-state index contributed by atoms with van der Waals surface area (Å²) in [5, 5.41) is 0. The first kappa shape index (κ1) is 18.2. The number of aryl methyl sites for hydroxylation is 1. The number of piperazine rings is 1. The van der Waals surface area contributed by atoms with Gasteiger partial charge >= 0.3 is 6.09 Å². The van der Waals surface area contributed by atoms with E-state index in [0.717, 1.165) is 11.3 Å². The third-order valence-corrected chi connectivity index (χ3v) is 5.00. The number of hydrogen-bond acceptors (Lipinski definition) is 4. The molecule has 1 unspecified atom stereocenters. The number of hydrogen-bond donors (Lipinski definition) is 0. The first-order valence-electron chi connectivity index (χ1n) is 9.07. The van der Waals surface area contributed by atoms with Gasteiger partial charge in [0.1, 0.15) is 0 Å². The van der Waals surface area contributed by atoms with Crippen molar-refractivity contribution in [3.05, 3.63) is 29.8 Å². The first-order valence-corrected chi connectivity index (χ1v) is 9.07. The molecule has 0 saturated carbocycles. The Morgan fingerprint density at radius 1 is 1.12 bits per heavy atom. The number of anilines is 1. The lowest BCUT2D eigenvalue weighted by Gasteiger charge is -2.35. The summed E-state index contributed by atoms with van der Waals surface area (Å²) >= 11 is 0. The van der Waals surface area contributed by atoms with Gasteiger partial charge in [-0.05, 0) is 25.5 Å². The fourth-order valence-corrected chi connectivity index (χ4v) is 3.55. The molecule has 2 aliphatic rings. The molecule has 3 amide bonds. The normalized spacial score (nSPS) is 20.5. The Labute approximate surface area is 153 Å². The molecule has 26 heavy (non-hydrogen) atoms. The van der Waals surface area contributed by atoms with E-state index in [1.165, 1.54) is 0 Å². The van der Waals surface area contributed by atoms with E-state index >= 15 is 0 Å². The van der Waals surface area contributed by atoms with Gasteiger partial charge < -0.3 is 19.4 Å². The molecule has 0 N–H and O–H groups in total. The van der Waals surface area contributed by atoms with Gasteiger partial charge in [-0.3, -0.25) is 9.59 Å². The predicted molar refractivity (Wildman–Crippen MR) is 96.8 cm³/mol. The van der Waals surface area contributed by atoms with Crippen molar-refractivity contribution in [2.45, 2.75) is 20.3 Å². The minimum absolute atomic E-state index is 0.00190. The van der Waals surface area contributed by atoms with Crippen LogP contribution in [0, 0.1) is 12.8 Å². The Bertz CT molecular complexity index is 698. The maximum Gasteiger partial charge on any atom is 0.409 e. The first-order chi connectivity index (χ1) is 12.5. The summed E-state index contributed by atoms with van der Waals surface area (Å²) in [5.41, 5.74) is 1.90.